The summed E-state index contributed by atoms with van der Waals surface area (Å²) in [5.74, 6) is -3.99. The summed E-state index contributed by atoms with van der Waals surface area (Å²) < 4.78 is 56.3. The van der Waals surface area contributed by atoms with Crippen molar-refractivity contribution in [3.05, 3.63) is 93.8 Å². The number of halogens is 4. The maximum Gasteiger partial charge on any atom is 0.238 e. The molecule has 3 atom stereocenters. The summed E-state index contributed by atoms with van der Waals surface area (Å²) in [6.45, 7) is 1.01. The Hall–Kier alpha value is -3.56. The van der Waals surface area contributed by atoms with E-state index in [1.807, 2.05) is 0 Å². The molecular weight excluding hydrogens is 533 g/mol. The Balaban J connectivity index is 1.59. The first-order chi connectivity index (χ1) is 18.8. The molecule has 10 heteroatoms. The average molecular weight is 557 g/mol. The highest BCUT2D eigenvalue weighted by molar-refractivity contribution is 6.31. The van der Waals surface area contributed by atoms with Gasteiger partial charge in [0.25, 0.3) is 0 Å². The van der Waals surface area contributed by atoms with E-state index < -0.39 is 46.6 Å². The van der Waals surface area contributed by atoms with E-state index in [2.05, 4.69) is 10.6 Å². The van der Waals surface area contributed by atoms with Crippen LogP contribution in [0, 0.1) is 17.5 Å². The van der Waals surface area contributed by atoms with Crippen LogP contribution < -0.4 is 15.4 Å². The lowest BCUT2D eigenvalue weighted by Gasteiger charge is -2.46. The van der Waals surface area contributed by atoms with Crippen LogP contribution in [0.15, 0.2) is 54.6 Å². The van der Waals surface area contributed by atoms with Crippen LogP contribution in [-0.4, -0.2) is 31.1 Å². The first-order valence-electron chi connectivity index (χ1n) is 12.7. The second-order valence-corrected chi connectivity index (χ2v) is 10.5. The van der Waals surface area contributed by atoms with E-state index in [0.717, 1.165) is 18.2 Å². The lowest BCUT2D eigenvalue weighted by molar-refractivity contribution is -0.131. The minimum atomic E-state index is -1.68. The number of hydrogen-bond donors (Lipinski definition) is 2. The highest BCUT2D eigenvalue weighted by Gasteiger charge is 2.62. The standard InChI is InChI=1S/C29H24ClF3N2O4/c30-15-1-4-21-24(11-15)34-28(37)29(21)22(19-12-16(31)2-5-23(19)33)14-26(36)35-27(29)20-13-17(32)3-6-25(20)39-18-7-9-38-10-8-18/h1-6,11-13,18,22,27H,7-10,14H2,(H,34,37)(H,35,36)/t22-,27+,29-/m0/s1. The van der Waals surface area contributed by atoms with E-state index in [1.165, 1.54) is 18.2 Å². The number of carbonyl (C=O) groups is 2. The molecule has 2 saturated heterocycles. The summed E-state index contributed by atoms with van der Waals surface area (Å²) in [6, 6.07) is 10.4. The van der Waals surface area contributed by atoms with E-state index in [-0.39, 0.29) is 29.4 Å². The number of nitrogens with one attached hydrogen (secondary N) is 2. The van der Waals surface area contributed by atoms with Gasteiger partial charge in [-0.3, -0.25) is 9.59 Å². The van der Waals surface area contributed by atoms with Crippen LogP contribution in [0.2, 0.25) is 5.02 Å². The molecule has 3 aliphatic rings. The molecule has 6 nitrogen and oxygen atoms in total. The van der Waals surface area contributed by atoms with Gasteiger partial charge in [-0.05, 0) is 59.7 Å². The maximum absolute atomic E-state index is 15.3. The minimum absolute atomic E-state index is 0.129. The van der Waals surface area contributed by atoms with Gasteiger partial charge in [0.1, 0.15) is 34.7 Å². The van der Waals surface area contributed by atoms with Crippen molar-refractivity contribution in [1.82, 2.24) is 5.32 Å². The van der Waals surface area contributed by atoms with Crippen molar-refractivity contribution >= 4 is 29.1 Å². The largest absolute Gasteiger partial charge is 0.490 e. The summed E-state index contributed by atoms with van der Waals surface area (Å²) in [7, 11) is 0. The van der Waals surface area contributed by atoms with Crippen molar-refractivity contribution in [3.63, 3.8) is 0 Å². The lowest BCUT2D eigenvalue weighted by atomic mass is 9.59. The van der Waals surface area contributed by atoms with Crippen molar-refractivity contribution in [2.45, 2.75) is 42.7 Å². The average Bonchev–Trinajstić information content (AvgIpc) is 3.19. The molecule has 0 saturated carbocycles. The van der Waals surface area contributed by atoms with Gasteiger partial charge in [0, 0.05) is 41.5 Å². The molecule has 202 valence electrons. The number of benzene rings is 3. The van der Waals surface area contributed by atoms with Crippen LogP contribution in [0.25, 0.3) is 0 Å². The van der Waals surface area contributed by atoms with Gasteiger partial charge in [0.15, 0.2) is 0 Å². The number of anilines is 1. The molecule has 3 aromatic carbocycles. The first-order valence-corrected chi connectivity index (χ1v) is 13.0. The summed E-state index contributed by atoms with van der Waals surface area (Å²) in [6.07, 6.45) is 0.686. The van der Waals surface area contributed by atoms with Crippen LogP contribution in [0.3, 0.4) is 0 Å². The minimum Gasteiger partial charge on any atom is -0.490 e. The van der Waals surface area contributed by atoms with E-state index >= 15 is 4.39 Å². The Morgan fingerprint density at radius 2 is 1.64 bits per heavy atom. The van der Waals surface area contributed by atoms with Crippen LogP contribution in [0.5, 0.6) is 5.75 Å². The van der Waals surface area contributed by atoms with Crippen molar-refractivity contribution in [1.29, 1.82) is 0 Å². The molecule has 2 amide bonds. The van der Waals surface area contributed by atoms with Crippen LogP contribution in [0.1, 0.15) is 47.9 Å². The van der Waals surface area contributed by atoms with E-state index in [0.29, 0.717) is 42.3 Å². The molecule has 1 spiro atoms. The summed E-state index contributed by atoms with van der Waals surface area (Å²) in [5, 5.41) is 6.04. The third-order valence-corrected chi connectivity index (χ3v) is 8.06. The molecule has 3 heterocycles. The molecule has 0 unspecified atom stereocenters. The number of fused-ring (bicyclic) bond motifs is 2. The topological polar surface area (TPSA) is 76.7 Å². The fourth-order valence-corrected chi connectivity index (χ4v) is 6.30. The normalized spacial score (nSPS) is 24.8. The van der Waals surface area contributed by atoms with Crippen LogP contribution in [-0.2, 0) is 19.7 Å². The van der Waals surface area contributed by atoms with Gasteiger partial charge in [-0.25, -0.2) is 13.2 Å². The number of amides is 2. The van der Waals surface area contributed by atoms with Gasteiger partial charge in [-0.2, -0.15) is 0 Å². The number of rotatable bonds is 4. The van der Waals surface area contributed by atoms with Gasteiger partial charge in [-0.15, -0.1) is 0 Å². The van der Waals surface area contributed by atoms with Gasteiger partial charge in [0.05, 0.1) is 19.3 Å². The molecule has 3 aliphatic heterocycles. The summed E-state index contributed by atoms with van der Waals surface area (Å²) >= 11 is 6.22. The lowest BCUT2D eigenvalue weighted by Crippen LogP contribution is -2.57. The maximum atomic E-state index is 15.3. The van der Waals surface area contributed by atoms with Gasteiger partial charge in [0.2, 0.25) is 11.8 Å². The Kier molecular flexibility index (Phi) is 6.51. The Labute approximate surface area is 227 Å². The zero-order chi connectivity index (χ0) is 27.3. The molecule has 0 bridgehead atoms. The molecular formula is C29H24ClF3N2O4. The second-order valence-electron chi connectivity index (χ2n) is 10.0. The third-order valence-electron chi connectivity index (χ3n) is 7.83. The van der Waals surface area contributed by atoms with Gasteiger partial charge in [-0.1, -0.05) is 17.7 Å². The highest BCUT2D eigenvalue weighted by atomic mass is 35.5. The SMILES string of the molecule is O=C1C[C@@H](c2cc(F)ccc2F)[C@]2(C(=O)Nc3cc(Cl)ccc32)[C@@H](c2cc(F)ccc2OC2CCOCC2)N1. The van der Waals surface area contributed by atoms with E-state index in [1.54, 1.807) is 18.2 Å². The van der Waals surface area contributed by atoms with Crippen LogP contribution in [0.4, 0.5) is 18.9 Å². The quantitative estimate of drug-likeness (QED) is 0.442. The zero-order valence-corrected chi connectivity index (χ0v) is 21.4. The first kappa shape index (κ1) is 25.7. The number of piperidine rings is 1. The van der Waals surface area contributed by atoms with Gasteiger partial charge < -0.3 is 20.1 Å². The van der Waals surface area contributed by atoms with Crippen molar-refractivity contribution < 1.29 is 32.2 Å². The number of hydrogen-bond acceptors (Lipinski definition) is 4. The van der Waals surface area contributed by atoms with Crippen molar-refractivity contribution in [3.8, 4) is 5.75 Å². The van der Waals surface area contributed by atoms with E-state index in [4.69, 9.17) is 21.1 Å². The third kappa shape index (κ3) is 4.33. The monoisotopic (exact) mass is 556 g/mol. The Morgan fingerprint density at radius 1 is 0.923 bits per heavy atom. The molecule has 0 radical (unpaired) electrons. The fraction of sp³-hybridized carbons (Fsp3) is 0.310. The zero-order valence-electron chi connectivity index (χ0n) is 20.6. The molecule has 2 N–H and O–H groups in total. The van der Waals surface area contributed by atoms with E-state index in [9.17, 15) is 18.4 Å². The van der Waals surface area contributed by atoms with Crippen molar-refractivity contribution in [2.75, 3.05) is 18.5 Å². The van der Waals surface area contributed by atoms with Crippen LogP contribution >= 0.6 is 11.6 Å². The molecule has 0 aromatic heterocycles. The smallest absolute Gasteiger partial charge is 0.238 e. The fourth-order valence-electron chi connectivity index (χ4n) is 6.13. The second kappa shape index (κ2) is 9.88. The predicted octanol–water partition coefficient (Wildman–Crippen LogP) is 5.55. The number of carbonyl (C=O) groups excluding carboxylic acids is 2. The molecule has 3 aromatic rings. The predicted molar refractivity (Wildman–Crippen MR) is 137 cm³/mol. The Morgan fingerprint density at radius 3 is 2.41 bits per heavy atom. The van der Waals surface area contributed by atoms with Crippen molar-refractivity contribution in [2.24, 2.45) is 0 Å². The molecule has 2 fully saturated rings. The molecule has 0 aliphatic carbocycles. The van der Waals surface area contributed by atoms with Gasteiger partial charge >= 0.3 is 0 Å². The number of ether oxygens (including phenoxy) is 2. The summed E-state index contributed by atoms with van der Waals surface area (Å²) in [5.41, 5.74) is -0.787. The highest BCUT2D eigenvalue weighted by Crippen LogP contribution is 2.58. The molecule has 39 heavy (non-hydrogen) atoms. The Bertz CT molecular complexity index is 1480. The molecule has 6 rings (SSSR count). The summed E-state index contributed by atoms with van der Waals surface area (Å²) in [4.78, 5) is 27.3.